The Morgan fingerprint density at radius 1 is 0.895 bits per heavy atom. The molecule has 1 N–H and O–H groups in total. The average molecular weight is 248 g/mol. The first-order valence-corrected chi connectivity index (χ1v) is 5.86. The van der Waals surface area contributed by atoms with Crippen molar-refractivity contribution in [2.75, 3.05) is 0 Å². The van der Waals surface area contributed by atoms with Crippen molar-refractivity contribution in [1.29, 1.82) is 0 Å². The molecule has 5 heteroatoms. The molecule has 0 spiro atoms. The van der Waals surface area contributed by atoms with Gasteiger partial charge in [0.15, 0.2) is 0 Å². The van der Waals surface area contributed by atoms with Gasteiger partial charge in [-0.15, -0.1) is 0 Å². The standard InChI is InChI=1S/C14H8N4O/c19-14-15-7-8-5-6-11-13(12(8)18-14)17-10-4-2-1-3-9(10)16-11/h1-7H,(H,15,18,19). The van der Waals surface area contributed by atoms with Crippen molar-refractivity contribution in [1.82, 2.24) is 19.9 Å². The molecule has 0 saturated carbocycles. The van der Waals surface area contributed by atoms with Crippen LogP contribution in [-0.4, -0.2) is 19.9 Å². The molecule has 0 fully saturated rings. The monoisotopic (exact) mass is 248 g/mol. The Morgan fingerprint density at radius 3 is 2.53 bits per heavy atom. The number of nitrogens with one attached hydrogen (secondary N) is 1. The van der Waals surface area contributed by atoms with Gasteiger partial charge in [0, 0.05) is 11.6 Å². The summed E-state index contributed by atoms with van der Waals surface area (Å²) >= 11 is 0. The molecule has 0 aliphatic carbocycles. The second-order valence-corrected chi connectivity index (χ2v) is 4.30. The van der Waals surface area contributed by atoms with Gasteiger partial charge in [0.25, 0.3) is 0 Å². The van der Waals surface area contributed by atoms with Gasteiger partial charge in [0.1, 0.15) is 5.52 Å². The minimum absolute atomic E-state index is 0.380. The number of benzene rings is 2. The largest absolute Gasteiger partial charge is 0.345 e. The molecule has 2 heterocycles. The van der Waals surface area contributed by atoms with Crippen molar-refractivity contribution in [3.63, 3.8) is 0 Å². The molecule has 0 amide bonds. The van der Waals surface area contributed by atoms with Crippen LogP contribution < -0.4 is 5.69 Å². The molecule has 4 rings (SSSR count). The quantitative estimate of drug-likeness (QED) is 0.381. The fourth-order valence-corrected chi connectivity index (χ4v) is 2.21. The lowest BCUT2D eigenvalue weighted by atomic mass is 10.2. The van der Waals surface area contributed by atoms with Gasteiger partial charge < -0.3 is 4.98 Å². The van der Waals surface area contributed by atoms with Crippen LogP contribution in [0.5, 0.6) is 0 Å². The van der Waals surface area contributed by atoms with E-state index in [0.717, 1.165) is 21.9 Å². The van der Waals surface area contributed by atoms with E-state index in [-0.39, 0.29) is 5.69 Å². The van der Waals surface area contributed by atoms with Crippen LogP contribution >= 0.6 is 0 Å². The second-order valence-electron chi connectivity index (χ2n) is 4.30. The molecule has 0 atom stereocenters. The highest BCUT2D eigenvalue weighted by Crippen LogP contribution is 2.21. The molecular weight excluding hydrogens is 240 g/mol. The van der Waals surface area contributed by atoms with Gasteiger partial charge in [-0.2, -0.15) is 0 Å². The highest BCUT2D eigenvalue weighted by Gasteiger charge is 2.06. The van der Waals surface area contributed by atoms with E-state index in [9.17, 15) is 4.79 Å². The van der Waals surface area contributed by atoms with Gasteiger partial charge in [-0.3, -0.25) is 0 Å². The van der Waals surface area contributed by atoms with Crippen molar-refractivity contribution in [3.05, 3.63) is 53.1 Å². The van der Waals surface area contributed by atoms with Crippen LogP contribution in [0.15, 0.2) is 47.4 Å². The summed E-state index contributed by atoms with van der Waals surface area (Å²) in [6, 6.07) is 11.4. The fourth-order valence-electron chi connectivity index (χ4n) is 2.21. The van der Waals surface area contributed by atoms with Gasteiger partial charge in [-0.25, -0.2) is 19.7 Å². The van der Waals surface area contributed by atoms with E-state index in [1.54, 1.807) is 6.20 Å². The van der Waals surface area contributed by atoms with Crippen LogP contribution in [0.1, 0.15) is 0 Å². The van der Waals surface area contributed by atoms with Gasteiger partial charge in [0.05, 0.1) is 22.1 Å². The van der Waals surface area contributed by atoms with Crippen LogP contribution in [0.3, 0.4) is 0 Å². The lowest BCUT2D eigenvalue weighted by Gasteiger charge is -2.03. The molecular formula is C14H8N4O. The van der Waals surface area contributed by atoms with Gasteiger partial charge in [-0.1, -0.05) is 12.1 Å². The van der Waals surface area contributed by atoms with E-state index in [2.05, 4.69) is 19.9 Å². The zero-order chi connectivity index (χ0) is 12.8. The summed E-state index contributed by atoms with van der Waals surface area (Å²) in [5, 5.41) is 0.844. The third-order valence-corrected chi connectivity index (χ3v) is 3.10. The first-order chi connectivity index (χ1) is 9.31. The molecule has 5 nitrogen and oxygen atoms in total. The smallest absolute Gasteiger partial charge is 0.303 e. The maximum atomic E-state index is 11.4. The molecule has 2 aromatic heterocycles. The van der Waals surface area contributed by atoms with Gasteiger partial charge >= 0.3 is 5.69 Å². The van der Waals surface area contributed by atoms with E-state index in [0.29, 0.717) is 11.0 Å². The molecule has 0 radical (unpaired) electrons. The number of rotatable bonds is 0. The number of fused-ring (bicyclic) bond motifs is 4. The summed E-state index contributed by atoms with van der Waals surface area (Å²) in [5.74, 6) is 0. The van der Waals surface area contributed by atoms with Crippen LogP contribution in [-0.2, 0) is 0 Å². The number of hydrogen-bond acceptors (Lipinski definition) is 4. The maximum absolute atomic E-state index is 11.4. The summed E-state index contributed by atoms with van der Waals surface area (Å²) in [7, 11) is 0. The highest BCUT2D eigenvalue weighted by molar-refractivity contribution is 6.03. The zero-order valence-corrected chi connectivity index (χ0v) is 9.79. The number of H-pyrrole nitrogens is 1. The Balaban J connectivity index is 2.28. The van der Waals surface area contributed by atoms with Crippen molar-refractivity contribution >= 4 is 33.0 Å². The Hall–Kier alpha value is -2.82. The Morgan fingerprint density at radius 2 is 1.68 bits per heavy atom. The first-order valence-electron chi connectivity index (χ1n) is 5.86. The molecule has 0 unspecified atom stereocenters. The average Bonchev–Trinajstić information content (AvgIpc) is 2.45. The first kappa shape index (κ1) is 10.1. The van der Waals surface area contributed by atoms with Crippen LogP contribution in [0.2, 0.25) is 0 Å². The van der Waals surface area contributed by atoms with Crippen LogP contribution in [0, 0.1) is 0 Å². The normalized spacial score (nSPS) is 11.4. The van der Waals surface area contributed by atoms with Crippen molar-refractivity contribution in [3.8, 4) is 0 Å². The lowest BCUT2D eigenvalue weighted by molar-refractivity contribution is 1.12. The number of nitrogens with zero attached hydrogens (tertiary/aromatic N) is 3. The van der Waals surface area contributed by atoms with Gasteiger partial charge in [-0.05, 0) is 24.3 Å². The van der Waals surface area contributed by atoms with E-state index >= 15 is 0 Å². The molecule has 0 bridgehead atoms. The summed E-state index contributed by atoms with van der Waals surface area (Å²) in [5.41, 5.74) is 3.39. The Kier molecular flexibility index (Phi) is 1.91. The molecule has 19 heavy (non-hydrogen) atoms. The van der Waals surface area contributed by atoms with Crippen LogP contribution in [0.25, 0.3) is 33.0 Å². The second kappa shape index (κ2) is 3.58. The number of para-hydroxylation sites is 2. The van der Waals surface area contributed by atoms with E-state index < -0.39 is 0 Å². The minimum atomic E-state index is -0.380. The molecule has 0 aliphatic heterocycles. The van der Waals surface area contributed by atoms with E-state index in [4.69, 9.17) is 0 Å². The third kappa shape index (κ3) is 1.48. The number of hydrogen-bond donors (Lipinski definition) is 1. The van der Waals surface area contributed by atoms with Crippen molar-refractivity contribution in [2.24, 2.45) is 0 Å². The molecule has 90 valence electrons. The SMILES string of the molecule is O=c1ncc2ccc3nc4ccccc4nc3c2[nH]1. The predicted molar refractivity (Wildman–Crippen MR) is 73.0 cm³/mol. The van der Waals surface area contributed by atoms with Gasteiger partial charge in [0.2, 0.25) is 0 Å². The van der Waals surface area contributed by atoms with Crippen LogP contribution in [0.4, 0.5) is 0 Å². The molecule has 0 saturated heterocycles. The molecule has 2 aromatic carbocycles. The lowest BCUT2D eigenvalue weighted by Crippen LogP contribution is -2.09. The Bertz CT molecular complexity index is 991. The topological polar surface area (TPSA) is 71.5 Å². The number of aromatic nitrogens is 4. The third-order valence-electron chi connectivity index (χ3n) is 3.10. The van der Waals surface area contributed by atoms with E-state index in [1.807, 2.05) is 36.4 Å². The van der Waals surface area contributed by atoms with E-state index in [1.165, 1.54) is 0 Å². The summed E-state index contributed by atoms with van der Waals surface area (Å²) in [6.07, 6.45) is 1.55. The maximum Gasteiger partial charge on any atom is 0.345 e. The number of aromatic amines is 1. The molecule has 0 aliphatic rings. The predicted octanol–water partition coefficient (Wildman–Crippen LogP) is 2.02. The van der Waals surface area contributed by atoms with Crippen molar-refractivity contribution < 1.29 is 0 Å². The molecule has 4 aromatic rings. The summed E-state index contributed by atoms with van der Waals surface area (Å²) in [4.78, 5) is 27.0. The minimum Gasteiger partial charge on any atom is -0.303 e. The summed E-state index contributed by atoms with van der Waals surface area (Å²) < 4.78 is 0. The zero-order valence-electron chi connectivity index (χ0n) is 9.79. The fraction of sp³-hybridized carbons (Fsp3) is 0. The Labute approximate surface area is 107 Å². The highest BCUT2D eigenvalue weighted by atomic mass is 16.1. The summed E-state index contributed by atoms with van der Waals surface area (Å²) in [6.45, 7) is 0. The van der Waals surface area contributed by atoms with Crippen molar-refractivity contribution in [2.45, 2.75) is 0 Å².